The van der Waals surface area contributed by atoms with Gasteiger partial charge in [-0.1, -0.05) is 30.2 Å². The Morgan fingerprint density at radius 1 is 1.00 bits per heavy atom. The molecule has 23 heavy (non-hydrogen) atoms. The van der Waals surface area contributed by atoms with E-state index in [1.165, 1.54) is 19.2 Å². The quantitative estimate of drug-likeness (QED) is 0.869. The van der Waals surface area contributed by atoms with Crippen LogP contribution >= 0.6 is 0 Å². The van der Waals surface area contributed by atoms with Gasteiger partial charge in [0.1, 0.15) is 5.75 Å². The lowest BCUT2D eigenvalue weighted by Crippen LogP contribution is -2.26. The Balaban J connectivity index is 2.27. The minimum atomic E-state index is -4.43. The zero-order valence-corrected chi connectivity index (χ0v) is 12.4. The number of methoxy groups -OCH3 is 1. The molecule has 0 aliphatic carbocycles. The Kier molecular flexibility index (Phi) is 4.67. The Morgan fingerprint density at radius 3 is 1.96 bits per heavy atom. The molecule has 2 nitrogen and oxygen atoms in total. The molecule has 120 valence electrons. The van der Waals surface area contributed by atoms with Crippen molar-refractivity contribution in [1.29, 1.82) is 0 Å². The molecule has 0 aliphatic rings. The van der Waals surface area contributed by atoms with Gasteiger partial charge in [-0.05, 0) is 35.4 Å². The van der Waals surface area contributed by atoms with Gasteiger partial charge in [0.25, 0.3) is 0 Å². The van der Waals surface area contributed by atoms with Crippen molar-refractivity contribution in [3.05, 3.63) is 65.2 Å². The van der Waals surface area contributed by atoms with Gasteiger partial charge in [-0.3, -0.25) is 0 Å². The molecule has 0 heterocycles. The SMILES string of the molecule is C#CC(O)(Cc1ccc(OC)cc1)c1ccc(C(F)(F)F)cc1. The molecule has 0 saturated carbocycles. The van der Waals surface area contributed by atoms with Crippen LogP contribution in [0.2, 0.25) is 0 Å². The summed E-state index contributed by atoms with van der Waals surface area (Å²) in [5.41, 5.74) is -1.49. The van der Waals surface area contributed by atoms with Crippen molar-refractivity contribution >= 4 is 0 Å². The molecule has 1 atom stereocenters. The van der Waals surface area contributed by atoms with Crippen molar-refractivity contribution in [1.82, 2.24) is 0 Å². The maximum absolute atomic E-state index is 12.6. The third kappa shape index (κ3) is 3.85. The minimum absolute atomic E-state index is 0.0822. The molecule has 0 amide bonds. The van der Waals surface area contributed by atoms with Gasteiger partial charge in [0, 0.05) is 6.42 Å². The van der Waals surface area contributed by atoms with Gasteiger partial charge in [-0.15, -0.1) is 6.42 Å². The van der Waals surface area contributed by atoms with Crippen LogP contribution in [0.3, 0.4) is 0 Å². The fourth-order valence-corrected chi connectivity index (χ4v) is 2.21. The van der Waals surface area contributed by atoms with Crippen molar-refractivity contribution in [3.8, 4) is 18.1 Å². The topological polar surface area (TPSA) is 29.5 Å². The first-order chi connectivity index (χ1) is 10.8. The van der Waals surface area contributed by atoms with Crippen LogP contribution in [0.1, 0.15) is 16.7 Å². The molecule has 0 radical (unpaired) electrons. The lowest BCUT2D eigenvalue weighted by atomic mass is 9.87. The van der Waals surface area contributed by atoms with Crippen molar-refractivity contribution in [2.45, 2.75) is 18.2 Å². The van der Waals surface area contributed by atoms with E-state index in [1.54, 1.807) is 24.3 Å². The zero-order chi connectivity index (χ0) is 17.1. The molecule has 1 N–H and O–H groups in total. The third-order valence-electron chi connectivity index (χ3n) is 3.55. The van der Waals surface area contributed by atoms with E-state index in [1.807, 2.05) is 0 Å². The molecule has 1 unspecified atom stereocenters. The van der Waals surface area contributed by atoms with E-state index in [0.29, 0.717) is 5.75 Å². The standard InChI is InChI=1S/C18H15F3O2/c1-3-17(22,12-13-4-10-16(23-2)11-5-13)14-6-8-15(9-7-14)18(19,20)21/h1,4-11,22H,12H2,2H3. The first-order valence-corrected chi connectivity index (χ1v) is 6.79. The van der Waals surface area contributed by atoms with Crippen molar-refractivity contribution in [3.63, 3.8) is 0 Å². The van der Waals surface area contributed by atoms with E-state index in [9.17, 15) is 18.3 Å². The Morgan fingerprint density at radius 2 is 1.52 bits per heavy atom. The number of ether oxygens (including phenoxy) is 1. The average molecular weight is 320 g/mol. The molecule has 2 rings (SSSR count). The zero-order valence-electron chi connectivity index (χ0n) is 12.4. The summed E-state index contributed by atoms with van der Waals surface area (Å²) >= 11 is 0. The summed E-state index contributed by atoms with van der Waals surface area (Å²) in [5.74, 6) is 2.93. The predicted octanol–water partition coefficient (Wildman–Crippen LogP) is 3.78. The van der Waals surface area contributed by atoms with Gasteiger partial charge >= 0.3 is 6.18 Å². The molecule has 2 aromatic carbocycles. The second kappa shape index (κ2) is 6.35. The summed E-state index contributed by atoms with van der Waals surface area (Å²) in [5, 5.41) is 10.6. The first-order valence-electron chi connectivity index (χ1n) is 6.79. The van der Waals surface area contributed by atoms with E-state index in [4.69, 9.17) is 11.2 Å². The van der Waals surface area contributed by atoms with Crippen LogP contribution < -0.4 is 4.74 Å². The normalized spacial score (nSPS) is 13.9. The number of benzene rings is 2. The second-order valence-electron chi connectivity index (χ2n) is 5.10. The van der Waals surface area contributed by atoms with Crippen LogP contribution in [-0.4, -0.2) is 12.2 Å². The van der Waals surface area contributed by atoms with Crippen molar-refractivity contribution in [2.75, 3.05) is 7.11 Å². The second-order valence-corrected chi connectivity index (χ2v) is 5.10. The molecule has 0 spiro atoms. The number of aliphatic hydroxyl groups is 1. The largest absolute Gasteiger partial charge is 0.497 e. The number of halogens is 3. The van der Waals surface area contributed by atoms with Gasteiger partial charge in [0.15, 0.2) is 5.60 Å². The van der Waals surface area contributed by atoms with Gasteiger partial charge in [0.2, 0.25) is 0 Å². The van der Waals surface area contributed by atoms with Crippen LogP contribution in [0.15, 0.2) is 48.5 Å². The van der Waals surface area contributed by atoms with Crippen LogP contribution in [0, 0.1) is 12.3 Å². The number of alkyl halides is 3. The van der Waals surface area contributed by atoms with Crippen molar-refractivity contribution < 1.29 is 23.0 Å². The summed E-state index contributed by atoms with van der Waals surface area (Å²) in [6.45, 7) is 0. The van der Waals surface area contributed by atoms with Gasteiger partial charge in [-0.25, -0.2) is 0 Å². The first kappa shape index (κ1) is 16.9. The molecule has 2 aromatic rings. The monoisotopic (exact) mass is 320 g/mol. The van der Waals surface area contributed by atoms with Gasteiger partial charge in [0.05, 0.1) is 12.7 Å². The predicted molar refractivity (Wildman–Crippen MR) is 80.9 cm³/mol. The third-order valence-corrected chi connectivity index (χ3v) is 3.55. The number of hydrogen-bond donors (Lipinski definition) is 1. The number of hydrogen-bond acceptors (Lipinski definition) is 2. The van der Waals surface area contributed by atoms with Gasteiger partial charge < -0.3 is 9.84 Å². The molecule has 5 heteroatoms. The summed E-state index contributed by atoms with van der Waals surface area (Å²) < 4.78 is 42.9. The molecule has 0 saturated heterocycles. The Hall–Kier alpha value is -2.45. The van der Waals surface area contributed by atoms with Crippen LogP contribution in [-0.2, 0) is 18.2 Å². The van der Waals surface area contributed by atoms with Crippen LogP contribution in [0.25, 0.3) is 0 Å². The highest BCUT2D eigenvalue weighted by Crippen LogP contribution is 2.32. The summed E-state index contributed by atoms with van der Waals surface area (Å²) in [4.78, 5) is 0. The van der Waals surface area contributed by atoms with E-state index in [2.05, 4.69) is 5.92 Å². The van der Waals surface area contributed by atoms with Gasteiger partial charge in [-0.2, -0.15) is 13.2 Å². The molecule has 0 aromatic heterocycles. The Labute approximate surface area is 132 Å². The summed E-state index contributed by atoms with van der Waals surface area (Å²) in [7, 11) is 1.54. The molecule has 0 fully saturated rings. The number of rotatable bonds is 4. The van der Waals surface area contributed by atoms with Crippen LogP contribution in [0.4, 0.5) is 13.2 Å². The lowest BCUT2D eigenvalue weighted by Gasteiger charge is -2.23. The van der Waals surface area contributed by atoms with E-state index >= 15 is 0 Å². The molecular weight excluding hydrogens is 305 g/mol. The molecule has 0 bridgehead atoms. The highest BCUT2D eigenvalue weighted by Gasteiger charge is 2.32. The summed E-state index contributed by atoms with van der Waals surface area (Å²) in [6.07, 6.45) is 1.07. The molecule has 0 aliphatic heterocycles. The Bertz CT molecular complexity index is 697. The highest BCUT2D eigenvalue weighted by molar-refractivity contribution is 5.37. The smallest absolute Gasteiger partial charge is 0.416 e. The highest BCUT2D eigenvalue weighted by atomic mass is 19.4. The van der Waals surface area contributed by atoms with E-state index in [-0.39, 0.29) is 12.0 Å². The fourth-order valence-electron chi connectivity index (χ4n) is 2.21. The minimum Gasteiger partial charge on any atom is -0.497 e. The maximum atomic E-state index is 12.6. The van der Waals surface area contributed by atoms with E-state index in [0.717, 1.165) is 17.7 Å². The van der Waals surface area contributed by atoms with E-state index < -0.39 is 17.3 Å². The summed E-state index contributed by atoms with van der Waals surface area (Å²) in [6, 6.07) is 11.1. The average Bonchev–Trinajstić information content (AvgIpc) is 2.55. The van der Waals surface area contributed by atoms with Crippen molar-refractivity contribution in [2.24, 2.45) is 0 Å². The molecular formula is C18H15F3O2. The van der Waals surface area contributed by atoms with Crippen LogP contribution in [0.5, 0.6) is 5.75 Å². The lowest BCUT2D eigenvalue weighted by molar-refractivity contribution is -0.137. The number of terminal acetylenes is 1. The fraction of sp³-hybridized carbons (Fsp3) is 0.222. The maximum Gasteiger partial charge on any atom is 0.416 e.